The molecule has 1 aliphatic rings. The van der Waals surface area contributed by atoms with Gasteiger partial charge in [0.05, 0.1) is 6.04 Å². The van der Waals surface area contributed by atoms with Crippen LogP contribution in [0, 0.1) is 13.8 Å². The van der Waals surface area contributed by atoms with E-state index >= 15 is 0 Å². The van der Waals surface area contributed by atoms with E-state index in [4.69, 9.17) is 0 Å². The molecule has 3 rings (SSSR count). The van der Waals surface area contributed by atoms with Crippen LogP contribution < -0.4 is 10.6 Å². The summed E-state index contributed by atoms with van der Waals surface area (Å²) in [4.78, 5) is 4.41. The number of aryl methyl sites for hydroxylation is 2. The molecular formula is C14H19N5. The zero-order valence-corrected chi connectivity index (χ0v) is 11.6. The van der Waals surface area contributed by atoms with Crippen molar-refractivity contribution in [1.29, 1.82) is 0 Å². The molecular weight excluding hydrogens is 238 g/mol. The van der Waals surface area contributed by atoms with E-state index in [1.165, 1.54) is 16.7 Å². The fourth-order valence-corrected chi connectivity index (χ4v) is 2.49. The van der Waals surface area contributed by atoms with Crippen molar-refractivity contribution in [3.8, 4) is 0 Å². The number of nitrogens with zero attached hydrogens (tertiary/aromatic N) is 3. The van der Waals surface area contributed by atoms with Crippen molar-refractivity contribution in [3.63, 3.8) is 0 Å². The van der Waals surface area contributed by atoms with Crippen LogP contribution in [0.4, 0.5) is 11.9 Å². The zero-order valence-electron chi connectivity index (χ0n) is 11.6. The molecule has 5 nitrogen and oxygen atoms in total. The second-order valence-corrected chi connectivity index (χ2v) is 5.03. The molecule has 1 unspecified atom stereocenters. The fraction of sp³-hybridized carbons (Fsp3) is 0.429. The maximum absolute atomic E-state index is 4.51. The summed E-state index contributed by atoms with van der Waals surface area (Å²) in [7, 11) is 1.84. The molecule has 1 aliphatic heterocycles. The number of hydrogen-bond donors (Lipinski definition) is 2. The van der Waals surface area contributed by atoms with E-state index in [1.807, 2.05) is 11.7 Å². The van der Waals surface area contributed by atoms with Crippen LogP contribution in [0.25, 0.3) is 0 Å². The molecule has 0 aliphatic carbocycles. The van der Waals surface area contributed by atoms with Gasteiger partial charge < -0.3 is 10.6 Å². The topological polar surface area (TPSA) is 54.8 Å². The standard InChI is InChI=1S/C14H19N5/c1-9-4-5-11(8-10(9)2)12-6-7-16-14-17-13(15-3)18-19(12)14/h4-5,8,12H,6-7H2,1-3H3,(H2,15,16,17,18). The highest BCUT2D eigenvalue weighted by Gasteiger charge is 2.24. The highest BCUT2D eigenvalue weighted by atomic mass is 15.5. The Hall–Kier alpha value is -2.04. The Morgan fingerprint density at radius 3 is 2.89 bits per heavy atom. The van der Waals surface area contributed by atoms with Crippen molar-refractivity contribution in [2.75, 3.05) is 24.2 Å². The first kappa shape index (κ1) is 12.0. The van der Waals surface area contributed by atoms with Crippen LogP contribution in [0.5, 0.6) is 0 Å². The van der Waals surface area contributed by atoms with E-state index < -0.39 is 0 Å². The molecule has 0 saturated carbocycles. The molecule has 1 aromatic heterocycles. The van der Waals surface area contributed by atoms with Gasteiger partial charge >= 0.3 is 0 Å². The van der Waals surface area contributed by atoms with Crippen LogP contribution in [-0.4, -0.2) is 28.4 Å². The third kappa shape index (κ3) is 2.05. The molecule has 0 saturated heterocycles. The van der Waals surface area contributed by atoms with Crippen molar-refractivity contribution >= 4 is 11.9 Å². The summed E-state index contributed by atoms with van der Waals surface area (Å²) < 4.78 is 1.99. The second kappa shape index (κ2) is 4.57. The smallest absolute Gasteiger partial charge is 0.243 e. The summed E-state index contributed by atoms with van der Waals surface area (Å²) in [6.45, 7) is 5.22. The minimum Gasteiger partial charge on any atom is -0.356 e. The molecule has 100 valence electrons. The average molecular weight is 257 g/mol. The number of hydrogen-bond acceptors (Lipinski definition) is 4. The molecule has 0 amide bonds. The number of rotatable bonds is 2. The molecule has 0 spiro atoms. The van der Waals surface area contributed by atoms with Crippen LogP contribution in [-0.2, 0) is 0 Å². The van der Waals surface area contributed by atoms with Gasteiger partial charge in [-0.3, -0.25) is 0 Å². The Morgan fingerprint density at radius 2 is 2.16 bits per heavy atom. The molecule has 0 bridgehead atoms. The number of aromatic nitrogens is 3. The third-order valence-corrected chi connectivity index (χ3v) is 3.77. The Balaban J connectivity index is 2.02. The van der Waals surface area contributed by atoms with Gasteiger partial charge in [-0.05, 0) is 37.0 Å². The van der Waals surface area contributed by atoms with Crippen LogP contribution in [0.2, 0.25) is 0 Å². The summed E-state index contributed by atoms with van der Waals surface area (Å²) in [5, 5.41) is 10.8. The van der Waals surface area contributed by atoms with E-state index in [1.54, 1.807) is 0 Å². The van der Waals surface area contributed by atoms with Crippen molar-refractivity contribution in [2.45, 2.75) is 26.3 Å². The maximum Gasteiger partial charge on any atom is 0.243 e. The molecule has 1 aromatic carbocycles. The summed E-state index contributed by atoms with van der Waals surface area (Å²) in [6.07, 6.45) is 1.03. The molecule has 1 atom stereocenters. The highest BCUT2D eigenvalue weighted by molar-refractivity contribution is 5.40. The first-order valence-electron chi connectivity index (χ1n) is 6.64. The van der Waals surface area contributed by atoms with Crippen LogP contribution >= 0.6 is 0 Å². The van der Waals surface area contributed by atoms with Gasteiger partial charge in [-0.2, -0.15) is 4.98 Å². The number of nitrogens with one attached hydrogen (secondary N) is 2. The number of fused-ring (bicyclic) bond motifs is 1. The van der Waals surface area contributed by atoms with E-state index in [-0.39, 0.29) is 6.04 Å². The lowest BCUT2D eigenvalue weighted by Gasteiger charge is -2.25. The van der Waals surface area contributed by atoms with Gasteiger partial charge in [0.2, 0.25) is 11.9 Å². The summed E-state index contributed by atoms with van der Waals surface area (Å²) >= 11 is 0. The van der Waals surface area contributed by atoms with Crippen LogP contribution in [0.1, 0.15) is 29.2 Å². The molecule has 2 heterocycles. The van der Waals surface area contributed by atoms with Gasteiger partial charge in [0.1, 0.15) is 0 Å². The monoisotopic (exact) mass is 257 g/mol. The zero-order chi connectivity index (χ0) is 13.4. The van der Waals surface area contributed by atoms with Crippen LogP contribution in [0.3, 0.4) is 0 Å². The lowest BCUT2D eigenvalue weighted by Crippen LogP contribution is -2.24. The first-order valence-corrected chi connectivity index (χ1v) is 6.64. The second-order valence-electron chi connectivity index (χ2n) is 5.03. The van der Waals surface area contributed by atoms with Gasteiger partial charge in [-0.25, -0.2) is 4.68 Å². The van der Waals surface area contributed by atoms with Gasteiger partial charge in [-0.15, -0.1) is 5.10 Å². The van der Waals surface area contributed by atoms with E-state index in [0.717, 1.165) is 18.9 Å². The Kier molecular flexibility index (Phi) is 2.89. The molecule has 0 radical (unpaired) electrons. The predicted molar refractivity (Wildman–Crippen MR) is 76.7 cm³/mol. The minimum absolute atomic E-state index is 0.269. The van der Waals surface area contributed by atoms with Gasteiger partial charge in [0.25, 0.3) is 0 Å². The minimum atomic E-state index is 0.269. The van der Waals surface area contributed by atoms with Crippen molar-refractivity contribution in [1.82, 2.24) is 14.8 Å². The lowest BCUT2D eigenvalue weighted by atomic mass is 9.98. The summed E-state index contributed by atoms with van der Waals surface area (Å²) in [5.41, 5.74) is 3.96. The molecule has 0 fully saturated rings. The van der Waals surface area contributed by atoms with E-state index in [2.05, 4.69) is 52.8 Å². The van der Waals surface area contributed by atoms with Crippen molar-refractivity contribution in [2.24, 2.45) is 0 Å². The van der Waals surface area contributed by atoms with E-state index in [0.29, 0.717) is 5.95 Å². The van der Waals surface area contributed by atoms with Crippen molar-refractivity contribution in [3.05, 3.63) is 34.9 Å². The highest BCUT2D eigenvalue weighted by Crippen LogP contribution is 2.29. The fourth-order valence-electron chi connectivity index (χ4n) is 2.49. The molecule has 19 heavy (non-hydrogen) atoms. The first-order chi connectivity index (χ1) is 9.19. The van der Waals surface area contributed by atoms with Gasteiger partial charge in [-0.1, -0.05) is 18.2 Å². The Bertz CT molecular complexity index is 602. The SMILES string of the molecule is CNc1nc2n(n1)C(c1ccc(C)c(C)c1)CCN2. The van der Waals surface area contributed by atoms with Gasteiger partial charge in [0.15, 0.2) is 0 Å². The Morgan fingerprint density at radius 1 is 1.32 bits per heavy atom. The lowest BCUT2D eigenvalue weighted by molar-refractivity contribution is 0.481. The number of benzene rings is 1. The Labute approximate surface area is 113 Å². The van der Waals surface area contributed by atoms with Crippen LogP contribution in [0.15, 0.2) is 18.2 Å². The van der Waals surface area contributed by atoms with Crippen molar-refractivity contribution < 1.29 is 0 Å². The number of anilines is 2. The molecule has 2 aromatic rings. The third-order valence-electron chi connectivity index (χ3n) is 3.77. The average Bonchev–Trinajstić information content (AvgIpc) is 2.85. The summed E-state index contributed by atoms with van der Waals surface area (Å²) in [5.74, 6) is 1.51. The predicted octanol–water partition coefficient (Wildman–Crippen LogP) is 2.34. The molecule has 5 heteroatoms. The largest absolute Gasteiger partial charge is 0.356 e. The quantitative estimate of drug-likeness (QED) is 0.867. The normalized spacial score (nSPS) is 17.7. The maximum atomic E-state index is 4.51. The van der Waals surface area contributed by atoms with Gasteiger partial charge in [0, 0.05) is 13.6 Å². The van der Waals surface area contributed by atoms with E-state index in [9.17, 15) is 0 Å². The molecule has 2 N–H and O–H groups in total. The summed E-state index contributed by atoms with van der Waals surface area (Å²) in [6, 6.07) is 6.91.